The Balaban J connectivity index is 2.93. The van der Waals surface area contributed by atoms with Gasteiger partial charge in [0.1, 0.15) is 16.8 Å². The average molecular weight is 272 g/mol. The van der Waals surface area contributed by atoms with E-state index in [1.54, 1.807) is 0 Å². The van der Waals surface area contributed by atoms with Crippen LogP contribution < -0.4 is 4.90 Å². The molecule has 4 nitrogen and oxygen atoms in total. The highest BCUT2D eigenvalue weighted by Gasteiger charge is 2.14. The lowest BCUT2D eigenvalue weighted by Gasteiger charge is -2.24. The molecule has 0 N–H and O–H groups in total. The van der Waals surface area contributed by atoms with E-state index in [0.29, 0.717) is 11.8 Å². The number of hydrogen-bond donors (Lipinski definition) is 0. The fourth-order valence-corrected chi connectivity index (χ4v) is 1.90. The maximum Gasteiger partial charge on any atom is 0.137 e. The molecule has 0 aromatic carbocycles. The maximum atomic E-state index is 6.15. The van der Waals surface area contributed by atoms with E-state index in [2.05, 4.69) is 21.8 Å². The molecule has 0 bridgehead atoms. The summed E-state index contributed by atoms with van der Waals surface area (Å²) in [7, 11) is 0. The van der Waals surface area contributed by atoms with Crippen LogP contribution in [0.15, 0.2) is 0 Å². The van der Waals surface area contributed by atoms with Crippen molar-refractivity contribution in [3.05, 3.63) is 16.5 Å². The Hall–Kier alpha value is -0.870. The highest BCUT2D eigenvalue weighted by Crippen LogP contribution is 2.23. The number of aromatic nitrogens is 2. The Morgan fingerprint density at radius 3 is 2.50 bits per heavy atom. The standard InChI is InChI=1S/C13H22ClN3O/c1-5-11-15-12(14)10(4)13(16-11)17(6-2)8-9-18-7-3/h5-9H2,1-4H3. The first-order chi connectivity index (χ1) is 8.63. The molecule has 0 aliphatic rings. The summed E-state index contributed by atoms with van der Waals surface area (Å²) in [5, 5.41) is 0.548. The van der Waals surface area contributed by atoms with Crippen LogP contribution in [0.5, 0.6) is 0 Å². The zero-order chi connectivity index (χ0) is 13.5. The second kappa shape index (κ2) is 7.54. The molecule has 0 aliphatic heterocycles. The van der Waals surface area contributed by atoms with Crippen LogP contribution in [0.25, 0.3) is 0 Å². The first kappa shape index (κ1) is 15.2. The lowest BCUT2D eigenvalue weighted by molar-refractivity contribution is 0.154. The SMILES string of the molecule is CCOCCN(CC)c1nc(CC)nc(Cl)c1C. The molecular weight excluding hydrogens is 250 g/mol. The van der Waals surface area contributed by atoms with E-state index >= 15 is 0 Å². The van der Waals surface area contributed by atoms with E-state index in [1.165, 1.54) is 0 Å². The predicted molar refractivity (Wildman–Crippen MR) is 75.5 cm³/mol. The first-order valence-corrected chi connectivity index (χ1v) is 6.87. The second-order valence-corrected chi connectivity index (χ2v) is 4.37. The van der Waals surface area contributed by atoms with Gasteiger partial charge in [0.25, 0.3) is 0 Å². The van der Waals surface area contributed by atoms with Crippen molar-refractivity contribution in [1.82, 2.24) is 9.97 Å². The summed E-state index contributed by atoms with van der Waals surface area (Å²) >= 11 is 6.15. The number of nitrogens with zero attached hydrogens (tertiary/aromatic N) is 3. The van der Waals surface area contributed by atoms with Crippen molar-refractivity contribution < 1.29 is 4.74 Å². The van der Waals surface area contributed by atoms with E-state index in [9.17, 15) is 0 Å². The maximum absolute atomic E-state index is 6.15. The van der Waals surface area contributed by atoms with E-state index in [1.807, 2.05) is 20.8 Å². The third-order valence-corrected chi connectivity index (χ3v) is 3.18. The van der Waals surface area contributed by atoms with E-state index in [0.717, 1.165) is 43.3 Å². The van der Waals surface area contributed by atoms with Crippen molar-refractivity contribution in [2.45, 2.75) is 34.1 Å². The van der Waals surface area contributed by atoms with E-state index in [-0.39, 0.29) is 0 Å². The second-order valence-electron chi connectivity index (χ2n) is 4.01. The van der Waals surface area contributed by atoms with Gasteiger partial charge in [0.15, 0.2) is 0 Å². The van der Waals surface area contributed by atoms with Gasteiger partial charge in [-0.2, -0.15) is 0 Å². The van der Waals surface area contributed by atoms with Gasteiger partial charge in [-0.25, -0.2) is 9.97 Å². The van der Waals surface area contributed by atoms with Gasteiger partial charge in [-0.15, -0.1) is 0 Å². The van der Waals surface area contributed by atoms with Crippen LogP contribution in [0.4, 0.5) is 5.82 Å². The summed E-state index contributed by atoms with van der Waals surface area (Å²) in [6, 6.07) is 0. The molecule has 5 heteroatoms. The zero-order valence-corrected chi connectivity index (χ0v) is 12.4. The Kier molecular flexibility index (Phi) is 6.36. The molecule has 0 radical (unpaired) electrons. The first-order valence-electron chi connectivity index (χ1n) is 6.49. The fourth-order valence-electron chi connectivity index (χ4n) is 1.72. The largest absolute Gasteiger partial charge is 0.380 e. The van der Waals surface area contributed by atoms with Gasteiger partial charge in [-0.05, 0) is 20.8 Å². The molecule has 0 amide bonds. The number of hydrogen-bond acceptors (Lipinski definition) is 4. The van der Waals surface area contributed by atoms with E-state index < -0.39 is 0 Å². The molecule has 102 valence electrons. The summed E-state index contributed by atoms with van der Waals surface area (Å²) in [6.07, 6.45) is 0.788. The van der Waals surface area contributed by atoms with Crippen LogP contribution in [0.1, 0.15) is 32.2 Å². The third-order valence-electron chi connectivity index (χ3n) is 2.81. The molecule has 0 spiro atoms. The molecule has 0 saturated carbocycles. The molecule has 0 atom stereocenters. The Labute approximate surface area is 114 Å². The lowest BCUT2D eigenvalue weighted by Crippen LogP contribution is -2.29. The smallest absolute Gasteiger partial charge is 0.137 e. The van der Waals surface area contributed by atoms with Gasteiger partial charge in [-0.3, -0.25) is 0 Å². The minimum atomic E-state index is 0.548. The van der Waals surface area contributed by atoms with Crippen molar-refractivity contribution in [3.8, 4) is 0 Å². The van der Waals surface area contributed by atoms with Crippen LogP contribution >= 0.6 is 11.6 Å². The van der Waals surface area contributed by atoms with Crippen LogP contribution in [0, 0.1) is 6.92 Å². The van der Waals surface area contributed by atoms with Gasteiger partial charge >= 0.3 is 0 Å². The van der Waals surface area contributed by atoms with Gasteiger partial charge in [0.2, 0.25) is 0 Å². The number of aryl methyl sites for hydroxylation is 1. The molecule has 0 aliphatic carbocycles. The minimum absolute atomic E-state index is 0.548. The number of anilines is 1. The zero-order valence-electron chi connectivity index (χ0n) is 11.7. The molecule has 0 saturated heterocycles. The van der Waals surface area contributed by atoms with Gasteiger partial charge in [0, 0.05) is 31.7 Å². The van der Waals surface area contributed by atoms with Crippen molar-refractivity contribution >= 4 is 17.4 Å². The Bertz CT molecular complexity index is 385. The molecule has 18 heavy (non-hydrogen) atoms. The lowest BCUT2D eigenvalue weighted by atomic mass is 10.3. The predicted octanol–water partition coefficient (Wildman–Crippen LogP) is 2.86. The molecule has 0 unspecified atom stereocenters. The summed E-state index contributed by atoms with van der Waals surface area (Å²) in [4.78, 5) is 11.0. The van der Waals surface area contributed by atoms with Crippen molar-refractivity contribution in [2.75, 3.05) is 31.2 Å². The van der Waals surface area contributed by atoms with Crippen molar-refractivity contribution in [2.24, 2.45) is 0 Å². The fraction of sp³-hybridized carbons (Fsp3) is 0.692. The summed E-state index contributed by atoms with van der Waals surface area (Å²) in [6.45, 7) is 11.2. The molecule has 1 heterocycles. The number of ether oxygens (including phenoxy) is 1. The van der Waals surface area contributed by atoms with Crippen LogP contribution in [-0.2, 0) is 11.2 Å². The van der Waals surface area contributed by atoms with Gasteiger partial charge in [-0.1, -0.05) is 18.5 Å². The van der Waals surface area contributed by atoms with Crippen LogP contribution in [-0.4, -0.2) is 36.3 Å². The van der Waals surface area contributed by atoms with Gasteiger partial charge in [0.05, 0.1) is 6.61 Å². The highest BCUT2D eigenvalue weighted by atomic mass is 35.5. The summed E-state index contributed by atoms with van der Waals surface area (Å²) in [5.41, 5.74) is 0.937. The van der Waals surface area contributed by atoms with Crippen molar-refractivity contribution in [1.29, 1.82) is 0 Å². The summed E-state index contributed by atoms with van der Waals surface area (Å²) < 4.78 is 5.40. The van der Waals surface area contributed by atoms with Crippen LogP contribution in [0.2, 0.25) is 5.15 Å². The Morgan fingerprint density at radius 2 is 1.94 bits per heavy atom. The molecular formula is C13H22ClN3O. The van der Waals surface area contributed by atoms with Gasteiger partial charge < -0.3 is 9.64 Å². The number of halogens is 1. The monoisotopic (exact) mass is 271 g/mol. The number of likely N-dealkylation sites (N-methyl/N-ethyl adjacent to an activating group) is 1. The average Bonchev–Trinajstić information content (AvgIpc) is 2.38. The molecule has 1 aromatic heterocycles. The number of rotatable bonds is 7. The van der Waals surface area contributed by atoms with Crippen molar-refractivity contribution in [3.63, 3.8) is 0 Å². The summed E-state index contributed by atoms with van der Waals surface area (Å²) in [5.74, 6) is 1.71. The molecule has 1 aromatic rings. The quantitative estimate of drug-likeness (QED) is 0.565. The molecule has 1 rings (SSSR count). The van der Waals surface area contributed by atoms with Crippen LogP contribution in [0.3, 0.4) is 0 Å². The highest BCUT2D eigenvalue weighted by molar-refractivity contribution is 6.30. The third kappa shape index (κ3) is 3.82. The molecule has 0 fully saturated rings. The van der Waals surface area contributed by atoms with E-state index in [4.69, 9.17) is 16.3 Å². The minimum Gasteiger partial charge on any atom is -0.380 e. The topological polar surface area (TPSA) is 38.2 Å². The normalized spacial score (nSPS) is 10.7. The Morgan fingerprint density at radius 1 is 1.22 bits per heavy atom.